The minimum Gasteiger partial charge on any atom is -0.456 e. The van der Waals surface area contributed by atoms with Gasteiger partial charge in [0.25, 0.3) is 0 Å². The third-order valence-corrected chi connectivity index (χ3v) is 8.48. The van der Waals surface area contributed by atoms with Gasteiger partial charge in [-0.1, -0.05) is 48.5 Å². The number of fused-ring (bicyclic) bond motifs is 10. The molecule has 0 unspecified atom stereocenters. The predicted octanol–water partition coefficient (Wildman–Crippen LogP) is 9.99. The molecule has 43 heavy (non-hydrogen) atoms. The van der Waals surface area contributed by atoms with Gasteiger partial charge < -0.3 is 13.4 Å². The second-order valence-electron chi connectivity index (χ2n) is 10.8. The van der Waals surface area contributed by atoms with Crippen LogP contribution in [0.4, 0.5) is 0 Å². The fourth-order valence-corrected chi connectivity index (χ4v) is 6.51. The molecule has 0 radical (unpaired) electrons. The maximum Gasteiger partial charge on any atom is 0.145 e. The Bertz CT molecular complexity index is 2710. The van der Waals surface area contributed by atoms with Gasteiger partial charge in [-0.25, -0.2) is 0 Å². The lowest BCUT2D eigenvalue weighted by atomic mass is 10.00. The van der Waals surface area contributed by atoms with Crippen molar-refractivity contribution >= 4 is 65.7 Å². The highest BCUT2D eigenvalue weighted by molar-refractivity contribution is 6.24. The maximum atomic E-state index is 9.78. The van der Waals surface area contributed by atoms with Crippen LogP contribution in [0.2, 0.25) is 0 Å². The van der Waals surface area contributed by atoms with Crippen LogP contribution in [0.25, 0.3) is 82.5 Å². The first kappa shape index (κ1) is 23.4. The third kappa shape index (κ3) is 3.25. The summed E-state index contributed by atoms with van der Waals surface area (Å²) < 4.78 is 14.8. The monoisotopic (exact) mass is 549 g/mol. The van der Waals surface area contributed by atoms with E-state index in [1.54, 1.807) is 12.1 Å². The van der Waals surface area contributed by atoms with Crippen molar-refractivity contribution in [3.05, 3.63) is 126 Å². The van der Waals surface area contributed by atoms with Crippen molar-refractivity contribution in [2.24, 2.45) is 0 Å². The molecule has 0 fully saturated rings. The lowest BCUT2D eigenvalue weighted by molar-refractivity contribution is 0.669. The van der Waals surface area contributed by atoms with E-state index in [2.05, 4.69) is 71.3 Å². The van der Waals surface area contributed by atoms with Crippen LogP contribution in [0.5, 0.6) is 0 Å². The summed E-state index contributed by atoms with van der Waals surface area (Å²) in [5.41, 5.74) is 9.01. The average Bonchev–Trinajstić information content (AvgIpc) is 3.73. The van der Waals surface area contributed by atoms with Crippen molar-refractivity contribution in [3.63, 3.8) is 0 Å². The van der Waals surface area contributed by atoms with Gasteiger partial charge in [0.05, 0.1) is 27.5 Å². The number of hydrogen-bond donors (Lipinski definition) is 0. The van der Waals surface area contributed by atoms with E-state index in [-0.39, 0.29) is 0 Å². The number of benzene rings is 6. The van der Waals surface area contributed by atoms with Crippen LogP contribution in [-0.2, 0) is 0 Å². The van der Waals surface area contributed by atoms with Crippen LogP contribution in [-0.4, -0.2) is 4.57 Å². The topological polar surface area (TPSA) is 78.8 Å². The number of furan rings is 2. The summed E-state index contributed by atoms with van der Waals surface area (Å²) in [6.07, 6.45) is 0. The quantitative estimate of drug-likeness (QED) is 0.215. The van der Waals surface area contributed by atoms with Crippen LogP contribution in [0.1, 0.15) is 11.1 Å². The summed E-state index contributed by atoms with van der Waals surface area (Å²) >= 11 is 0. The fraction of sp³-hybridized carbons (Fsp3) is 0. The molecule has 6 aromatic carbocycles. The first-order chi connectivity index (χ1) is 21.2. The molecular weight excluding hydrogens is 530 g/mol. The summed E-state index contributed by atoms with van der Waals surface area (Å²) in [5, 5.41) is 25.6. The van der Waals surface area contributed by atoms with Crippen LogP contribution in [0.15, 0.2) is 124 Å². The molecule has 9 aromatic rings. The van der Waals surface area contributed by atoms with Crippen LogP contribution >= 0.6 is 0 Å². The van der Waals surface area contributed by atoms with Crippen molar-refractivity contribution in [2.45, 2.75) is 0 Å². The van der Waals surface area contributed by atoms with E-state index in [0.29, 0.717) is 11.1 Å². The van der Waals surface area contributed by atoms with Crippen LogP contribution in [0, 0.1) is 22.7 Å². The van der Waals surface area contributed by atoms with E-state index >= 15 is 0 Å². The van der Waals surface area contributed by atoms with E-state index in [1.807, 2.05) is 48.5 Å². The molecule has 0 N–H and O–H groups in total. The van der Waals surface area contributed by atoms with Crippen molar-refractivity contribution in [3.8, 4) is 29.0 Å². The van der Waals surface area contributed by atoms with Gasteiger partial charge in [-0.05, 0) is 77.9 Å². The lowest BCUT2D eigenvalue weighted by Gasteiger charge is -2.09. The number of nitrogens with zero attached hydrogens (tertiary/aromatic N) is 3. The van der Waals surface area contributed by atoms with E-state index in [4.69, 9.17) is 8.83 Å². The van der Waals surface area contributed by atoms with Gasteiger partial charge in [0.2, 0.25) is 0 Å². The maximum absolute atomic E-state index is 9.78. The van der Waals surface area contributed by atoms with Crippen molar-refractivity contribution in [1.29, 1.82) is 10.5 Å². The normalized spacial score (nSPS) is 11.7. The number of rotatable bonds is 2. The molecule has 5 heteroatoms. The molecule has 0 aliphatic carbocycles. The molecule has 0 spiro atoms. The molecule has 198 valence electrons. The highest BCUT2D eigenvalue weighted by Gasteiger charge is 2.20. The van der Waals surface area contributed by atoms with Crippen molar-refractivity contribution < 1.29 is 8.83 Å². The molecule has 9 rings (SSSR count). The van der Waals surface area contributed by atoms with Crippen LogP contribution < -0.4 is 0 Å². The zero-order valence-electron chi connectivity index (χ0n) is 22.6. The second kappa shape index (κ2) is 8.60. The number of para-hydroxylation sites is 2. The summed E-state index contributed by atoms with van der Waals surface area (Å²) in [6.45, 7) is 0. The highest BCUT2D eigenvalue weighted by Crippen LogP contribution is 2.42. The molecule has 0 amide bonds. The Morgan fingerprint density at radius 1 is 0.488 bits per heavy atom. The van der Waals surface area contributed by atoms with Gasteiger partial charge in [-0.2, -0.15) is 10.5 Å². The van der Waals surface area contributed by atoms with Crippen LogP contribution in [0.3, 0.4) is 0 Å². The second-order valence-corrected chi connectivity index (χ2v) is 10.8. The molecule has 3 aromatic heterocycles. The third-order valence-electron chi connectivity index (χ3n) is 8.48. The van der Waals surface area contributed by atoms with Gasteiger partial charge >= 0.3 is 0 Å². The first-order valence-corrected chi connectivity index (χ1v) is 14.0. The summed E-state index contributed by atoms with van der Waals surface area (Å²) in [5.74, 6) is 0. The molecule has 0 aliphatic rings. The van der Waals surface area contributed by atoms with Gasteiger partial charge in [0.15, 0.2) is 0 Å². The largest absolute Gasteiger partial charge is 0.456 e. The lowest BCUT2D eigenvalue weighted by Crippen LogP contribution is -1.96. The van der Waals surface area contributed by atoms with Gasteiger partial charge in [0.1, 0.15) is 34.5 Å². The Hall–Kier alpha value is -6.30. The Morgan fingerprint density at radius 3 is 1.93 bits per heavy atom. The number of aromatic nitrogens is 1. The summed E-state index contributed by atoms with van der Waals surface area (Å²) in [4.78, 5) is 0. The molecule has 0 bridgehead atoms. The summed E-state index contributed by atoms with van der Waals surface area (Å²) in [6, 6.07) is 42.9. The molecule has 0 saturated carbocycles. The Labute approximate surface area is 244 Å². The smallest absolute Gasteiger partial charge is 0.145 e. The molecule has 0 atom stereocenters. The molecule has 3 heterocycles. The van der Waals surface area contributed by atoms with Crippen molar-refractivity contribution in [1.82, 2.24) is 4.57 Å². The van der Waals surface area contributed by atoms with E-state index in [9.17, 15) is 10.5 Å². The fourth-order valence-electron chi connectivity index (χ4n) is 6.51. The Kier molecular flexibility index (Phi) is 4.68. The molecule has 0 aliphatic heterocycles. The van der Waals surface area contributed by atoms with Gasteiger partial charge in [-0.3, -0.25) is 0 Å². The van der Waals surface area contributed by atoms with Gasteiger partial charge in [0, 0.05) is 32.6 Å². The molecule has 5 nitrogen and oxygen atoms in total. The molecule has 0 saturated heterocycles. The predicted molar refractivity (Wildman–Crippen MR) is 170 cm³/mol. The van der Waals surface area contributed by atoms with E-state index in [0.717, 1.165) is 82.5 Å². The van der Waals surface area contributed by atoms with Gasteiger partial charge in [-0.15, -0.1) is 0 Å². The molecular formula is C38H19N3O2. The first-order valence-electron chi connectivity index (χ1n) is 14.0. The minimum atomic E-state index is 0.345. The Balaban J connectivity index is 1.37. The van der Waals surface area contributed by atoms with E-state index in [1.165, 1.54) is 0 Å². The number of nitriles is 2. The standard InChI is InChI=1S/C38H19N3O2/c39-20-24-9-12-26(17-25(24)21-40)41-32-14-10-22(23-11-16-36-30(18-23)28-6-2-3-7-34(28)42-36)19-31(32)37-33(41)15-13-29-27-5-1-4-8-35(27)43-38(29)37/h1-19H. The van der Waals surface area contributed by atoms with E-state index < -0.39 is 0 Å². The summed E-state index contributed by atoms with van der Waals surface area (Å²) in [7, 11) is 0. The zero-order chi connectivity index (χ0) is 28.7. The zero-order valence-corrected chi connectivity index (χ0v) is 22.6. The SMILES string of the molecule is N#Cc1ccc(-n2c3ccc(-c4ccc5oc6ccccc6c5c4)cc3c3c4oc5ccccc5c4ccc32)cc1C#N. The average molecular weight is 550 g/mol. The highest BCUT2D eigenvalue weighted by atomic mass is 16.3. The Morgan fingerprint density at radius 2 is 1.14 bits per heavy atom. The number of hydrogen-bond acceptors (Lipinski definition) is 4. The van der Waals surface area contributed by atoms with Crippen molar-refractivity contribution in [2.75, 3.05) is 0 Å². The minimum absolute atomic E-state index is 0.345.